The largest absolute Gasteiger partial charge is 0.330 e. The molecule has 0 saturated carbocycles. The van der Waals surface area contributed by atoms with Crippen LogP contribution in [0.15, 0.2) is 6.33 Å². The van der Waals surface area contributed by atoms with E-state index >= 15 is 0 Å². The molecule has 72 valence electrons. The van der Waals surface area contributed by atoms with Crippen molar-refractivity contribution in [3.05, 3.63) is 22.2 Å². The topological polar surface area (TPSA) is 51.8 Å². The Kier molecular flexibility index (Phi) is 3.84. The maximum atomic E-state index is 13.3. The second kappa shape index (κ2) is 4.69. The Bertz CT molecular complexity index is 275. The van der Waals surface area contributed by atoms with Gasteiger partial charge in [0.2, 0.25) is 0 Å². The van der Waals surface area contributed by atoms with Crippen LogP contribution >= 0.6 is 23.2 Å². The zero-order valence-electron chi connectivity index (χ0n) is 6.67. The Morgan fingerprint density at radius 2 is 1.92 bits per heavy atom. The number of nitrogens with zero attached hydrogens (tertiary/aromatic N) is 2. The molecule has 0 aliphatic heterocycles. The summed E-state index contributed by atoms with van der Waals surface area (Å²) in [5.74, 6) is 0. The molecule has 6 heteroatoms. The van der Waals surface area contributed by atoms with Crippen molar-refractivity contribution in [1.29, 1.82) is 0 Å². The average molecular weight is 224 g/mol. The van der Waals surface area contributed by atoms with E-state index in [0.717, 1.165) is 0 Å². The average Bonchev–Trinajstić information content (AvgIpc) is 2.04. The predicted molar refractivity (Wildman–Crippen MR) is 49.6 cm³/mol. The minimum absolute atomic E-state index is 0.0425. The Hall–Kier alpha value is -0.450. The molecule has 1 atom stereocenters. The molecule has 1 unspecified atom stereocenters. The molecule has 0 bridgehead atoms. The maximum Gasteiger partial charge on any atom is 0.140 e. The number of halogens is 3. The summed E-state index contributed by atoms with van der Waals surface area (Å²) in [6.07, 6.45) is 0.0436. The first-order valence-electron chi connectivity index (χ1n) is 3.66. The Labute approximate surface area is 85.1 Å². The summed E-state index contributed by atoms with van der Waals surface area (Å²) < 4.78 is 13.3. The predicted octanol–water partition coefficient (Wildman–Crippen LogP) is 2.14. The zero-order valence-corrected chi connectivity index (χ0v) is 8.19. The van der Waals surface area contributed by atoms with E-state index in [2.05, 4.69) is 9.97 Å². The minimum atomic E-state index is -1.30. The van der Waals surface area contributed by atoms with Crippen molar-refractivity contribution < 1.29 is 4.39 Å². The molecule has 0 aliphatic carbocycles. The van der Waals surface area contributed by atoms with Gasteiger partial charge >= 0.3 is 0 Å². The lowest BCUT2D eigenvalue weighted by Crippen LogP contribution is -2.05. The summed E-state index contributed by atoms with van der Waals surface area (Å²) in [5.41, 5.74) is 5.32. The Balaban J connectivity index is 2.98. The summed E-state index contributed by atoms with van der Waals surface area (Å²) in [7, 11) is 0. The van der Waals surface area contributed by atoms with Crippen LogP contribution in [0.5, 0.6) is 0 Å². The van der Waals surface area contributed by atoms with Gasteiger partial charge in [0.25, 0.3) is 0 Å². The van der Waals surface area contributed by atoms with E-state index in [-0.39, 0.29) is 28.8 Å². The number of alkyl halides is 1. The molecule has 0 fully saturated rings. The molecule has 0 spiro atoms. The van der Waals surface area contributed by atoms with E-state index in [4.69, 9.17) is 28.9 Å². The van der Waals surface area contributed by atoms with Crippen molar-refractivity contribution in [3.63, 3.8) is 0 Å². The van der Waals surface area contributed by atoms with Gasteiger partial charge < -0.3 is 5.73 Å². The molecule has 0 radical (unpaired) electrons. The van der Waals surface area contributed by atoms with Crippen LogP contribution < -0.4 is 5.73 Å². The fourth-order valence-corrected chi connectivity index (χ4v) is 1.46. The normalized spacial score (nSPS) is 12.9. The van der Waals surface area contributed by atoms with E-state index in [9.17, 15) is 4.39 Å². The lowest BCUT2D eigenvalue weighted by molar-refractivity contribution is 0.326. The monoisotopic (exact) mass is 223 g/mol. The van der Waals surface area contributed by atoms with Gasteiger partial charge in [0.15, 0.2) is 0 Å². The van der Waals surface area contributed by atoms with Crippen LogP contribution in [0.2, 0.25) is 10.3 Å². The highest BCUT2D eigenvalue weighted by Crippen LogP contribution is 2.30. The van der Waals surface area contributed by atoms with Crippen LogP contribution in [0.3, 0.4) is 0 Å². The third-order valence-electron chi connectivity index (χ3n) is 1.52. The fourth-order valence-electron chi connectivity index (χ4n) is 0.904. The Morgan fingerprint density at radius 3 is 2.38 bits per heavy atom. The van der Waals surface area contributed by atoms with Crippen LogP contribution in [-0.4, -0.2) is 16.5 Å². The van der Waals surface area contributed by atoms with E-state index in [1.807, 2.05) is 0 Å². The van der Waals surface area contributed by atoms with E-state index in [1.54, 1.807) is 0 Å². The van der Waals surface area contributed by atoms with Crippen molar-refractivity contribution in [3.8, 4) is 0 Å². The number of nitrogens with two attached hydrogens (primary N) is 1. The van der Waals surface area contributed by atoms with Gasteiger partial charge in [0, 0.05) is 0 Å². The lowest BCUT2D eigenvalue weighted by Gasteiger charge is -2.08. The van der Waals surface area contributed by atoms with Crippen molar-refractivity contribution >= 4 is 23.2 Å². The molecule has 1 aromatic rings. The Morgan fingerprint density at radius 1 is 1.38 bits per heavy atom. The summed E-state index contributed by atoms with van der Waals surface area (Å²) in [6.45, 7) is 0.225. The van der Waals surface area contributed by atoms with Gasteiger partial charge in [0.1, 0.15) is 22.8 Å². The number of aromatic nitrogens is 2. The summed E-state index contributed by atoms with van der Waals surface area (Å²) in [4.78, 5) is 7.26. The third-order valence-corrected chi connectivity index (χ3v) is 2.12. The highest BCUT2D eigenvalue weighted by atomic mass is 35.5. The van der Waals surface area contributed by atoms with Crippen molar-refractivity contribution in [2.24, 2.45) is 5.73 Å². The first-order valence-corrected chi connectivity index (χ1v) is 4.42. The second-order valence-corrected chi connectivity index (χ2v) is 3.13. The third kappa shape index (κ3) is 2.49. The van der Waals surface area contributed by atoms with Gasteiger partial charge in [-0.3, -0.25) is 0 Å². The smallest absolute Gasteiger partial charge is 0.140 e. The highest BCUT2D eigenvalue weighted by molar-refractivity contribution is 6.34. The standard InChI is InChI=1S/C7H8Cl2FN3/c8-6-5(4(10)1-2-11)7(9)13-3-12-6/h3-4H,1-2,11H2. The van der Waals surface area contributed by atoms with Crippen LogP contribution in [0, 0.1) is 0 Å². The van der Waals surface area contributed by atoms with Crippen molar-refractivity contribution in [2.75, 3.05) is 6.54 Å². The molecule has 1 aromatic heterocycles. The summed E-state index contributed by atoms with van der Waals surface area (Å²) in [6, 6.07) is 0. The van der Waals surface area contributed by atoms with E-state index < -0.39 is 6.17 Å². The minimum Gasteiger partial charge on any atom is -0.330 e. The molecule has 1 rings (SSSR count). The highest BCUT2D eigenvalue weighted by Gasteiger charge is 2.18. The first-order chi connectivity index (χ1) is 6.16. The van der Waals surface area contributed by atoms with Crippen LogP contribution in [0.25, 0.3) is 0 Å². The van der Waals surface area contributed by atoms with Gasteiger partial charge in [0.05, 0.1) is 5.56 Å². The molecular formula is C7H8Cl2FN3. The van der Waals surface area contributed by atoms with Crippen LogP contribution in [0.4, 0.5) is 4.39 Å². The molecule has 0 aliphatic rings. The number of hydrogen-bond donors (Lipinski definition) is 1. The van der Waals surface area contributed by atoms with Crippen LogP contribution in [0.1, 0.15) is 18.2 Å². The fraction of sp³-hybridized carbons (Fsp3) is 0.429. The molecular weight excluding hydrogens is 216 g/mol. The van der Waals surface area contributed by atoms with Crippen molar-refractivity contribution in [2.45, 2.75) is 12.6 Å². The SMILES string of the molecule is NCCC(F)c1c(Cl)ncnc1Cl. The molecule has 1 heterocycles. The zero-order chi connectivity index (χ0) is 9.84. The summed E-state index contributed by atoms with van der Waals surface area (Å²) in [5, 5.41) is 0.0851. The van der Waals surface area contributed by atoms with Gasteiger partial charge in [-0.15, -0.1) is 0 Å². The van der Waals surface area contributed by atoms with Gasteiger partial charge in [-0.2, -0.15) is 0 Å². The van der Waals surface area contributed by atoms with Crippen LogP contribution in [-0.2, 0) is 0 Å². The van der Waals surface area contributed by atoms with Crippen molar-refractivity contribution in [1.82, 2.24) is 9.97 Å². The molecule has 0 saturated heterocycles. The lowest BCUT2D eigenvalue weighted by atomic mass is 10.1. The molecule has 3 nitrogen and oxygen atoms in total. The quantitative estimate of drug-likeness (QED) is 0.800. The first kappa shape index (κ1) is 10.6. The van der Waals surface area contributed by atoms with Gasteiger partial charge in [-0.25, -0.2) is 14.4 Å². The van der Waals surface area contributed by atoms with Gasteiger partial charge in [-0.1, -0.05) is 23.2 Å². The van der Waals surface area contributed by atoms with E-state index in [0.29, 0.717) is 0 Å². The van der Waals surface area contributed by atoms with Gasteiger partial charge in [-0.05, 0) is 13.0 Å². The molecule has 0 amide bonds. The number of hydrogen-bond acceptors (Lipinski definition) is 3. The second-order valence-electron chi connectivity index (χ2n) is 2.41. The maximum absolute atomic E-state index is 13.3. The number of rotatable bonds is 3. The molecule has 0 aromatic carbocycles. The molecule has 2 N–H and O–H groups in total. The van der Waals surface area contributed by atoms with E-state index in [1.165, 1.54) is 6.33 Å². The molecule has 13 heavy (non-hydrogen) atoms. The summed E-state index contributed by atoms with van der Waals surface area (Å²) >= 11 is 11.3.